The number of nitrogens with zero attached hydrogens (tertiary/aromatic N) is 2. The normalized spacial score (nSPS) is 14.1. The minimum Gasteiger partial charge on any atom is -0.494 e. The van der Waals surface area contributed by atoms with Gasteiger partial charge in [0.15, 0.2) is 0 Å². The first kappa shape index (κ1) is 20.9. The summed E-state index contributed by atoms with van der Waals surface area (Å²) < 4.78 is 11.4. The fraction of sp³-hybridized carbons (Fsp3) is 0.160. The Morgan fingerprint density at radius 1 is 0.968 bits per heavy atom. The molecular weight excluding hydrogens is 406 g/mol. The molecule has 6 heteroatoms. The van der Waals surface area contributed by atoms with E-state index in [1.165, 1.54) is 4.90 Å². The van der Waals surface area contributed by atoms with Gasteiger partial charge >= 0.3 is 0 Å². The predicted molar refractivity (Wildman–Crippen MR) is 128 cm³/mol. The molecule has 1 heterocycles. The molecule has 3 aromatic carbocycles. The van der Waals surface area contributed by atoms with Crippen molar-refractivity contribution >= 4 is 23.7 Å². The molecule has 0 bridgehead atoms. The average Bonchev–Trinajstić information content (AvgIpc) is 3.12. The van der Waals surface area contributed by atoms with Crippen LogP contribution in [0.2, 0.25) is 0 Å². The van der Waals surface area contributed by atoms with Crippen molar-refractivity contribution in [2.24, 2.45) is 5.10 Å². The van der Waals surface area contributed by atoms with Crippen LogP contribution in [0.3, 0.4) is 0 Å². The van der Waals surface area contributed by atoms with Crippen LogP contribution in [0.4, 0.5) is 5.69 Å². The minimum absolute atomic E-state index is 0.559. The first-order chi connectivity index (χ1) is 15.2. The zero-order chi connectivity index (χ0) is 21.5. The number of hydrazone groups is 1. The van der Waals surface area contributed by atoms with Crippen LogP contribution in [-0.2, 0) is 6.61 Å². The zero-order valence-corrected chi connectivity index (χ0v) is 18.4. The predicted octanol–water partition coefficient (Wildman–Crippen LogP) is 5.63. The molecule has 0 saturated heterocycles. The van der Waals surface area contributed by atoms with Crippen molar-refractivity contribution in [2.45, 2.75) is 18.4 Å². The highest BCUT2D eigenvalue weighted by atomic mass is 32.2. The van der Waals surface area contributed by atoms with E-state index in [0.29, 0.717) is 13.2 Å². The van der Waals surface area contributed by atoms with Gasteiger partial charge in [-0.15, -0.1) is 0 Å². The van der Waals surface area contributed by atoms with Crippen LogP contribution >= 0.6 is 11.8 Å². The summed E-state index contributed by atoms with van der Waals surface area (Å²) >= 11 is 1.69. The number of rotatable bonds is 8. The highest BCUT2D eigenvalue weighted by Crippen LogP contribution is 2.46. The van der Waals surface area contributed by atoms with Gasteiger partial charge in [-0.25, -0.2) is 0 Å². The lowest BCUT2D eigenvalue weighted by Crippen LogP contribution is -2.11. The van der Waals surface area contributed by atoms with Gasteiger partial charge in [0.1, 0.15) is 18.1 Å². The van der Waals surface area contributed by atoms with E-state index < -0.39 is 0 Å². The third-order valence-electron chi connectivity index (χ3n) is 4.75. The number of nitrogens with one attached hydrogen (secondary N) is 1. The number of benzene rings is 3. The van der Waals surface area contributed by atoms with Crippen LogP contribution in [0.5, 0.6) is 11.5 Å². The summed E-state index contributed by atoms with van der Waals surface area (Å²) in [5.74, 6) is 1.73. The molecule has 0 saturated carbocycles. The molecule has 0 fully saturated rings. The summed E-state index contributed by atoms with van der Waals surface area (Å²) in [6.45, 7) is 3.21. The van der Waals surface area contributed by atoms with E-state index in [0.717, 1.165) is 33.3 Å². The summed E-state index contributed by atoms with van der Waals surface area (Å²) in [6, 6.07) is 24.2. The largest absolute Gasteiger partial charge is 0.494 e. The zero-order valence-electron chi connectivity index (χ0n) is 17.6. The van der Waals surface area contributed by atoms with E-state index in [2.05, 4.69) is 39.7 Å². The lowest BCUT2D eigenvalue weighted by atomic mass is 10.2. The van der Waals surface area contributed by atoms with Gasteiger partial charge in [-0.1, -0.05) is 42.1 Å². The molecule has 1 N–H and O–H groups in total. The van der Waals surface area contributed by atoms with Gasteiger partial charge in [0.05, 0.1) is 29.7 Å². The molecule has 0 radical (unpaired) electrons. The molecule has 0 aromatic heterocycles. The van der Waals surface area contributed by atoms with Crippen LogP contribution in [0.1, 0.15) is 18.1 Å². The second kappa shape index (κ2) is 10.1. The van der Waals surface area contributed by atoms with Crippen molar-refractivity contribution in [2.75, 3.05) is 18.6 Å². The molecule has 1 aliphatic heterocycles. The van der Waals surface area contributed by atoms with Gasteiger partial charge in [-0.3, -0.25) is 5.43 Å². The van der Waals surface area contributed by atoms with E-state index in [9.17, 15) is 0 Å². The monoisotopic (exact) mass is 431 g/mol. The number of fused-ring (bicyclic) bond motifs is 1. The summed E-state index contributed by atoms with van der Waals surface area (Å²) in [7, 11) is 2.05. The molecule has 158 valence electrons. The standard InChI is InChI=1S/C25H25N3O2S/c1-3-29-22-13-14-23-24(15-22)31-25(28(23)2)17-27-26-16-19-9-11-21(12-10-19)30-18-20-7-5-4-6-8-20/h4-17,27H,3,18H2,1-2H3/b25-17-,26-16-. The third kappa shape index (κ3) is 5.41. The van der Waals surface area contributed by atoms with Crippen molar-refractivity contribution in [1.29, 1.82) is 0 Å². The van der Waals surface area contributed by atoms with Gasteiger partial charge < -0.3 is 14.4 Å². The lowest BCUT2D eigenvalue weighted by Gasteiger charge is -2.13. The summed E-state index contributed by atoms with van der Waals surface area (Å²) in [5, 5.41) is 5.39. The quantitative estimate of drug-likeness (QED) is 0.370. The molecule has 4 rings (SSSR count). The molecule has 0 unspecified atom stereocenters. The molecule has 31 heavy (non-hydrogen) atoms. The Hall–Kier alpha value is -3.38. The molecule has 0 aliphatic carbocycles. The first-order valence-corrected chi connectivity index (χ1v) is 11.0. The van der Waals surface area contributed by atoms with Gasteiger partial charge in [-0.05, 0) is 60.5 Å². The number of thioether (sulfide) groups is 1. The maximum absolute atomic E-state index is 5.82. The van der Waals surface area contributed by atoms with Crippen LogP contribution in [0.25, 0.3) is 0 Å². The highest BCUT2D eigenvalue weighted by Gasteiger charge is 2.22. The molecular formula is C25H25N3O2S. The third-order valence-corrected chi connectivity index (χ3v) is 5.90. The van der Waals surface area contributed by atoms with E-state index in [4.69, 9.17) is 9.47 Å². The van der Waals surface area contributed by atoms with Gasteiger partial charge in [-0.2, -0.15) is 5.10 Å². The van der Waals surface area contributed by atoms with Crippen molar-refractivity contribution < 1.29 is 9.47 Å². The lowest BCUT2D eigenvalue weighted by molar-refractivity contribution is 0.306. The maximum Gasteiger partial charge on any atom is 0.120 e. The SMILES string of the molecule is CCOc1ccc2c(c1)S/C(=C\N/N=C\c1ccc(OCc3ccccc3)cc1)N2C. The summed E-state index contributed by atoms with van der Waals surface area (Å²) in [6.07, 6.45) is 3.69. The first-order valence-electron chi connectivity index (χ1n) is 10.2. The topological polar surface area (TPSA) is 46.1 Å². The van der Waals surface area contributed by atoms with Crippen LogP contribution in [0, 0.1) is 0 Å². The Morgan fingerprint density at radius 2 is 1.74 bits per heavy atom. The van der Waals surface area contributed by atoms with Crippen LogP contribution in [-0.4, -0.2) is 19.9 Å². The van der Waals surface area contributed by atoms with E-state index in [1.807, 2.05) is 68.7 Å². The minimum atomic E-state index is 0.559. The van der Waals surface area contributed by atoms with E-state index in [1.54, 1.807) is 18.0 Å². The Morgan fingerprint density at radius 3 is 2.52 bits per heavy atom. The van der Waals surface area contributed by atoms with Gasteiger partial charge in [0.25, 0.3) is 0 Å². The Kier molecular flexibility index (Phi) is 6.79. The Balaban J connectivity index is 1.30. The fourth-order valence-electron chi connectivity index (χ4n) is 3.13. The van der Waals surface area contributed by atoms with Gasteiger partial charge in [0.2, 0.25) is 0 Å². The van der Waals surface area contributed by atoms with E-state index >= 15 is 0 Å². The van der Waals surface area contributed by atoms with Crippen molar-refractivity contribution in [1.82, 2.24) is 5.43 Å². The van der Waals surface area contributed by atoms with E-state index in [-0.39, 0.29) is 0 Å². The Bertz CT molecular complexity index is 1070. The molecule has 0 amide bonds. The molecule has 1 aliphatic rings. The molecule has 0 atom stereocenters. The molecule has 0 spiro atoms. The van der Waals surface area contributed by atoms with Crippen molar-refractivity contribution in [3.8, 4) is 11.5 Å². The fourth-order valence-corrected chi connectivity index (χ4v) is 4.19. The summed E-state index contributed by atoms with van der Waals surface area (Å²) in [5.41, 5.74) is 6.33. The van der Waals surface area contributed by atoms with Crippen LogP contribution in [0.15, 0.2) is 94.0 Å². The highest BCUT2D eigenvalue weighted by molar-refractivity contribution is 8.03. The number of anilines is 1. The van der Waals surface area contributed by atoms with Gasteiger partial charge in [0, 0.05) is 11.9 Å². The summed E-state index contributed by atoms with van der Waals surface area (Å²) in [4.78, 5) is 3.31. The average molecular weight is 432 g/mol. The number of ether oxygens (including phenoxy) is 2. The molecule has 5 nitrogen and oxygen atoms in total. The number of hydrogen-bond acceptors (Lipinski definition) is 6. The second-order valence-electron chi connectivity index (χ2n) is 6.94. The second-order valence-corrected chi connectivity index (χ2v) is 8.00. The number of hydrogen-bond donors (Lipinski definition) is 1. The molecule has 3 aromatic rings. The Labute approximate surface area is 187 Å². The van der Waals surface area contributed by atoms with Crippen LogP contribution < -0.4 is 19.8 Å². The maximum atomic E-state index is 5.82. The smallest absolute Gasteiger partial charge is 0.120 e. The van der Waals surface area contributed by atoms with Crippen molar-refractivity contribution in [3.63, 3.8) is 0 Å². The van der Waals surface area contributed by atoms with Crippen molar-refractivity contribution in [3.05, 3.63) is 95.2 Å².